The van der Waals surface area contributed by atoms with Crippen LogP contribution in [0.15, 0.2) is 12.2 Å². The molecule has 0 atom stereocenters. The highest BCUT2D eigenvalue weighted by atomic mass is 19.4. The van der Waals surface area contributed by atoms with Gasteiger partial charge in [0, 0.05) is 11.5 Å². The quantitative estimate of drug-likeness (QED) is 0.247. The maximum atomic E-state index is 13.6. The summed E-state index contributed by atoms with van der Waals surface area (Å²) in [5.74, 6) is -7.01. The Hall–Kier alpha value is -1.63. The smallest absolute Gasteiger partial charge is 0.436 e. The summed E-state index contributed by atoms with van der Waals surface area (Å²) in [5, 5.41) is 0. The fourth-order valence-electron chi connectivity index (χ4n) is 3.76. The summed E-state index contributed by atoms with van der Waals surface area (Å²) in [6.45, 7) is 3.48. The van der Waals surface area contributed by atoms with E-state index in [2.05, 4.69) is 11.3 Å². The molecule has 0 radical (unpaired) electrons. The molecule has 1 saturated carbocycles. The highest BCUT2D eigenvalue weighted by Gasteiger charge is 2.78. The third-order valence-corrected chi connectivity index (χ3v) is 5.74. The molecule has 0 aliphatic heterocycles. The third-order valence-electron chi connectivity index (χ3n) is 5.74. The van der Waals surface area contributed by atoms with Crippen LogP contribution < -0.4 is 0 Å². The molecule has 0 saturated heterocycles. The van der Waals surface area contributed by atoms with Gasteiger partial charge in [-0.2, -0.15) is 52.7 Å². The van der Waals surface area contributed by atoms with Crippen molar-refractivity contribution >= 4 is 5.97 Å². The number of hydrogen-bond acceptors (Lipinski definition) is 2. The van der Waals surface area contributed by atoms with E-state index in [0.717, 1.165) is 6.92 Å². The predicted molar refractivity (Wildman–Crippen MR) is 81.4 cm³/mol. The summed E-state index contributed by atoms with van der Waals surface area (Å²) >= 11 is 0. The molecule has 0 aromatic carbocycles. The number of hydrogen-bond donors (Lipinski definition) is 0. The molecule has 0 bridgehead atoms. The van der Waals surface area contributed by atoms with Crippen molar-refractivity contribution in [3.8, 4) is 0 Å². The van der Waals surface area contributed by atoms with Crippen molar-refractivity contribution in [3.63, 3.8) is 0 Å². The lowest BCUT2D eigenvalue weighted by Gasteiger charge is -2.48. The summed E-state index contributed by atoms with van der Waals surface area (Å²) in [6.07, 6.45) is -29.4. The van der Waals surface area contributed by atoms with Gasteiger partial charge in [0.2, 0.25) is 0 Å². The molecule has 0 aromatic heterocycles. The summed E-state index contributed by atoms with van der Waals surface area (Å²) < 4.78 is 165. The highest BCUT2D eigenvalue weighted by molar-refractivity contribution is 5.87. The molecule has 0 spiro atoms. The van der Waals surface area contributed by atoms with E-state index in [1.54, 1.807) is 0 Å². The molecule has 31 heavy (non-hydrogen) atoms. The van der Waals surface area contributed by atoms with Gasteiger partial charge in [0.1, 0.15) is 0 Å². The third kappa shape index (κ3) is 4.62. The lowest BCUT2D eigenvalue weighted by molar-refractivity contribution is -0.391. The standard InChI is InChI=1S/C17H18F12O2/c1-8(2)11(30)31-13(16(24,25)26,17(27,28)29)10-6-4-9(5-7-10)12(3,14(18,19)20)15(21,22)23/h9-10H,1,4-7H2,2-3H3. The first-order valence-corrected chi connectivity index (χ1v) is 8.69. The molecule has 1 fully saturated rings. The number of ether oxygens (including phenoxy) is 1. The molecule has 182 valence electrons. The molecule has 2 nitrogen and oxygen atoms in total. The van der Waals surface area contributed by atoms with Crippen LogP contribution in [0.4, 0.5) is 52.7 Å². The fourth-order valence-corrected chi connectivity index (χ4v) is 3.76. The van der Waals surface area contributed by atoms with E-state index >= 15 is 0 Å². The Bertz CT molecular complexity index is 647. The number of rotatable bonds is 4. The van der Waals surface area contributed by atoms with Gasteiger partial charge in [0.05, 0.1) is 0 Å². The minimum absolute atomic E-state index is 0.181. The molecule has 1 rings (SSSR count). The number of alkyl halides is 12. The van der Waals surface area contributed by atoms with E-state index in [-0.39, 0.29) is 6.92 Å². The van der Waals surface area contributed by atoms with Gasteiger partial charge in [0.25, 0.3) is 0 Å². The van der Waals surface area contributed by atoms with Crippen LogP contribution in [0.25, 0.3) is 0 Å². The number of esters is 1. The summed E-state index contributed by atoms with van der Waals surface area (Å²) in [5.41, 5.74) is -10.2. The van der Waals surface area contributed by atoms with Crippen LogP contribution in [-0.4, -0.2) is 36.3 Å². The van der Waals surface area contributed by atoms with Gasteiger partial charge >= 0.3 is 36.3 Å². The second-order valence-electron chi connectivity index (χ2n) is 7.65. The van der Waals surface area contributed by atoms with Crippen LogP contribution in [0.5, 0.6) is 0 Å². The van der Waals surface area contributed by atoms with Gasteiger partial charge in [-0.25, -0.2) is 4.79 Å². The first-order valence-electron chi connectivity index (χ1n) is 8.69. The molecule has 0 unspecified atom stereocenters. The van der Waals surface area contributed by atoms with E-state index < -0.39 is 84.8 Å². The van der Waals surface area contributed by atoms with Crippen molar-refractivity contribution < 1.29 is 62.2 Å². The molecular weight excluding hydrogens is 464 g/mol. The minimum Gasteiger partial charge on any atom is -0.436 e. The van der Waals surface area contributed by atoms with Gasteiger partial charge in [-0.05, 0) is 45.4 Å². The van der Waals surface area contributed by atoms with E-state index in [0.29, 0.717) is 0 Å². The number of carbonyl (C=O) groups is 1. The van der Waals surface area contributed by atoms with Crippen molar-refractivity contribution in [1.29, 1.82) is 0 Å². The first kappa shape index (κ1) is 27.4. The van der Waals surface area contributed by atoms with Gasteiger partial charge in [0.15, 0.2) is 5.41 Å². The Labute approximate surface area is 168 Å². The molecule has 14 heteroatoms. The first-order chi connectivity index (χ1) is 13.5. The average molecular weight is 482 g/mol. The topological polar surface area (TPSA) is 26.3 Å². The maximum Gasteiger partial charge on any atom is 0.437 e. The van der Waals surface area contributed by atoms with Crippen molar-refractivity contribution in [2.24, 2.45) is 17.3 Å². The summed E-state index contributed by atoms with van der Waals surface area (Å²) in [7, 11) is 0. The number of halogens is 12. The lowest BCUT2D eigenvalue weighted by atomic mass is 9.63. The highest BCUT2D eigenvalue weighted by Crippen LogP contribution is 2.61. The summed E-state index contributed by atoms with van der Waals surface area (Å²) in [6, 6.07) is 0. The molecular formula is C17H18F12O2. The fraction of sp³-hybridized carbons (Fsp3) is 0.824. The molecule has 0 heterocycles. The Morgan fingerprint density at radius 1 is 0.710 bits per heavy atom. The van der Waals surface area contributed by atoms with E-state index in [4.69, 9.17) is 0 Å². The van der Waals surface area contributed by atoms with E-state index in [1.165, 1.54) is 0 Å². The zero-order valence-electron chi connectivity index (χ0n) is 16.0. The van der Waals surface area contributed by atoms with Crippen molar-refractivity contribution in [1.82, 2.24) is 0 Å². The second kappa shape index (κ2) is 8.05. The zero-order valence-corrected chi connectivity index (χ0v) is 16.0. The van der Waals surface area contributed by atoms with Gasteiger partial charge in [-0.3, -0.25) is 0 Å². The molecule has 1 aliphatic carbocycles. The Morgan fingerprint density at radius 3 is 1.29 bits per heavy atom. The van der Waals surface area contributed by atoms with Crippen LogP contribution in [-0.2, 0) is 9.53 Å². The Kier molecular flexibility index (Phi) is 7.12. The van der Waals surface area contributed by atoms with Crippen molar-refractivity contribution in [2.45, 2.75) is 69.8 Å². The molecule has 0 amide bonds. The van der Waals surface area contributed by atoms with E-state index in [9.17, 15) is 57.5 Å². The van der Waals surface area contributed by atoms with Gasteiger partial charge < -0.3 is 4.74 Å². The van der Waals surface area contributed by atoms with E-state index in [1.807, 2.05) is 0 Å². The molecule has 0 aromatic rings. The molecule has 1 aliphatic rings. The van der Waals surface area contributed by atoms with Crippen LogP contribution in [0.2, 0.25) is 0 Å². The largest absolute Gasteiger partial charge is 0.437 e. The number of carbonyl (C=O) groups excluding carboxylic acids is 1. The van der Waals surface area contributed by atoms with Crippen LogP contribution in [0.3, 0.4) is 0 Å². The minimum atomic E-state index is -6.24. The molecule has 0 N–H and O–H groups in total. The Balaban J connectivity index is 3.41. The van der Waals surface area contributed by atoms with Gasteiger partial charge in [-0.1, -0.05) is 6.58 Å². The zero-order chi connectivity index (χ0) is 24.8. The Morgan fingerprint density at radius 2 is 1.03 bits per heavy atom. The van der Waals surface area contributed by atoms with Crippen LogP contribution in [0.1, 0.15) is 39.5 Å². The van der Waals surface area contributed by atoms with Crippen molar-refractivity contribution in [2.75, 3.05) is 0 Å². The lowest BCUT2D eigenvalue weighted by Crippen LogP contribution is -2.65. The maximum absolute atomic E-state index is 13.6. The monoisotopic (exact) mass is 482 g/mol. The summed E-state index contributed by atoms with van der Waals surface area (Å²) in [4.78, 5) is 11.6. The van der Waals surface area contributed by atoms with Crippen molar-refractivity contribution in [3.05, 3.63) is 12.2 Å². The normalized spacial score (nSPS) is 22.3. The van der Waals surface area contributed by atoms with Crippen LogP contribution in [0, 0.1) is 17.3 Å². The van der Waals surface area contributed by atoms with Gasteiger partial charge in [-0.15, -0.1) is 0 Å². The SMILES string of the molecule is C=C(C)C(=O)OC(C1CCC(C(C)(C(F)(F)F)C(F)(F)F)CC1)(C(F)(F)F)C(F)(F)F. The average Bonchev–Trinajstić information content (AvgIpc) is 2.54. The predicted octanol–water partition coefficient (Wildman–Crippen LogP) is 6.91. The second-order valence-corrected chi connectivity index (χ2v) is 7.65. The van der Waals surface area contributed by atoms with Crippen LogP contribution >= 0.6 is 0 Å².